The second kappa shape index (κ2) is 9.70. The van der Waals surface area contributed by atoms with Crippen LogP contribution in [0, 0.1) is 0 Å². The second-order valence-corrected chi connectivity index (χ2v) is 4.93. The molecule has 0 saturated carbocycles. The van der Waals surface area contributed by atoms with E-state index < -0.39 is 7.60 Å². The van der Waals surface area contributed by atoms with Gasteiger partial charge in [0.25, 0.3) is 0 Å². The first-order valence-corrected chi connectivity index (χ1v) is 6.40. The standard InChI is InChI=1S/C8H19O3P.Na.H/c1-2-3-4-5-6-7-8-12(9,10)11;;/h2-8H2,1H3,(H2,9,10,11);;. The van der Waals surface area contributed by atoms with Crippen LogP contribution in [0.25, 0.3) is 0 Å². The van der Waals surface area contributed by atoms with E-state index in [0.717, 1.165) is 12.8 Å². The Hall–Kier alpha value is 1.15. The Morgan fingerprint density at radius 1 is 1.00 bits per heavy atom. The Morgan fingerprint density at radius 2 is 1.46 bits per heavy atom. The zero-order chi connectivity index (χ0) is 9.45. The van der Waals surface area contributed by atoms with Crippen molar-refractivity contribution in [3.63, 3.8) is 0 Å². The third-order valence-corrected chi connectivity index (χ3v) is 2.70. The van der Waals surface area contributed by atoms with Crippen molar-refractivity contribution in [2.45, 2.75) is 45.4 Å². The summed E-state index contributed by atoms with van der Waals surface area (Å²) in [5, 5.41) is 0. The van der Waals surface area contributed by atoms with Gasteiger partial charge in [-0.1, -0.05) is 39.0 Å². The van der Waals surface area contributed by atoms with Crippen molar-refractivity contribution >= 4 is 37.2 Å². The summed E-state index contributed by atoms with van der Waals surface area (Å²) in [6.45, 7) is 2.15. The molecule has 0 amide bonds. The van der Waals surface area contributed by atoms with Gasteiger partial charge in [-0.2, -0.15) is 0 Å². The number of unbranched alkanes of at least 4 members (excludes halogenated alkanes) is 5. The summed E-state index contributed by atoms with van der Waals surface area (Å²) in [6.07, 6.45) is 6.40. The molecule has 0 spiro atoms. The fraction of sp³-hybridized carbons (Fsp3) is 1.00. The first kappa shape index (κ1) is 16.6. The summed E-state index contributed by atoms with van der Waals surface area (Å²) in [7, 11) is -3.72. The van der Waals surface area contributed by atoms with Gasteiger partial charge in [-0.3, -0.25) is 4.57 Å². The average Bonchev–Trinajstić information content (AvgIpc) is 1.94. The maximum atomic E-state index is 10.4. The van der Waals surface area contributed by atoms with Gasteiger partial charge in [0.15, 0.2) is 0 Å². The van der Waals surface area contributed by atoms with Crippen LogP contribution in [0.3, 0.4) is 0 Å². The van der Waals surface area contributed by atoms with Crippen molar-refractivity contribution in [2.24, 2.45) is 0 Å². The van der Waals surface area contributed by atoms with Crippen LogP contribution in [0.4, 0.5) is 0 Å². The Balaban J connectivity index is 0. The summed E-state index contributed by atoms with van der Waals surface area (Å²) in [6, 6.07) is 0. The number of hydrogen-bond acceptors (Lipinski definition) is 1. The minimum atomic E-state index is -3.72. The van der Waals surface area contributed by atoms with Crippen LogP contribution in [-0.2, 0) is 4.57 Å². The van der Waals surface area contributed by atoms with Gasteiger partial charge in [-0.15, -0.1) is 0 Å². The Morgan fingerprint density at radius 3 is 1.92 bits per heavy atom. The molecule has 0 aliphatic carbocycles. The summed E-state index contributed by atoms with van der Waals surface area (Å²) in [5.41, 5.74) is 0. The van der Waals surface area contributed by atoms with E-state index in [-0.39, 0.29) is 35.7 Å². The van der Waals surface area contributed by atoms with Crippen LogP contribution in [0.2, 0.25) is 0 Å². The third-order valence-electron chi connectivity index (χ3n) is 1.80. The van der Waals surface area contributed by atoms with E-state index >= 15 is 0 Å². The molecule has 0 aromatic rings. The van der Waals surface area contributed by atoms with Crippen molar-refractivity contribution < 1.29 is 14.4 Å². The quantitative estimate of drug-likeness (QED) is 0.389. The molecule has 3 nitrogen and oxygen atoms in total. The van der Waals surface area contributed by atoms with Gasteiger partial charge in [0.05, 0.1) is 0 Å². The van der Waals surface area contributed by atoms with Gasteiger partial charge < -0.3 is 9.79 Å². The Bertz CT molecular complexity index is 146. The summed E-state index contributed by atoms with van der Waals surface area (Å²) < 4.78 is 10.4. The first-order valence-electron chi connectivity index (χ1n) is 4.61. The number of hydrogen-bond donors (Lipinski definition) is 2. The molecule has 0 radical (unpaired) electrons. The Labute approximate surface area is 103 Å². The Kier molecular flexibility index (Phi) is 12.4. The molecule has 5 heteroatoms. The van der Waals surface area contributed by atoms with E-state index in [2.05, 4.69) is 6.92 Å². The summed E-state index contributed by atoms with van der Waals surface area (Å²) >= 11 is 0. The van der Waals surface area contributed by atoms with E-state index in [0.29, 0.717) is 6.42 Å². The average molecular weight is 218 g/mol. The van der Waals surface area contributed by atoms with Gasteiger partial charge in [-0.25, -0.2) is 0 Å². The van der Waals surface area contributed by atoms with E-state index in [1.807, 2.05) is 0 Å². The van der Waals surface area contributed by atoms with Crippen LogP contribution in [-0.4, -0.2) is 45.5 Å². The van der Waals surface area contributed by atoms with Crippen molar-refractivity contribution in [3.05, 3.63) is 0 Å². The predicted octanol–water partition coefficient (Wildman–Crippen LogP) is 1.88. The zero-order valence-corrected chi connectivity index (χ0v) is 8.59. The molecule has 0 aliphatic rings. The molecule has 0 aliphatic heterocycles. The molecule has 0 rings (SSSR count). The normalized spacial score (nSPS) is 11.0. The molecular formula is C8H20NaO3P. The van der Waals surface area contributed by atoms with Gasteiger partial charge >= 0.3 is 37.2 Å². The minimum absolute atomic E-state index is 0. The van der Waals surface area contributed by atoms with Gasteiger partial charge in [0.2, 0.25) is 0 Å². The molecule has 0 unspecified atom stereocenters. The molecule has 0 bridgehead atoms. The van der Waals surface area contributed by atoms with Crippen LogP contribution in [0.15, 0.2) is 0 Å². The molecule has 76 valence electrons. The van der Waals surface area contributed by atoms with E-state index in [1.54, 1.807) is 0 Å². The zero-order valence-electron chi connectivity index (χ0n) is 7.70. The van der Waals surface area contributed by atoms with Gasteiger partial charge in [-0.05, 0) is 6.42 Å². The third kappa shape index (κ3) is 15.9. The summed E-state index contributed by atoms with van der Waals surface area (Å²) in [4.78, 5) is 17.1. The van der Waals surface area contributed by atoms with Crippen LogP contribution in [0.1, 0.15) is 45.4 Å². The van der Waals surface area contributed by atoms with E-state index in [9.17, 15) is 4.57 Å². The van der Waals surface area contributed by atoms with E-state index in [4.69, 9.17) is 9.79 Å². The van der Waals surface area contributed by atoms with Crippen molar-refractivity contribution in [1.29, 1.82) is 0 Å². The molecule has 2 N–H and O–H groups in total. The van der Waals surface area contributed by atoms with Crippen LogP contribution < -0.4 is 0 Å². The van der Waals surface area contributed by atoms with Crippen molar-refractivity contribution in [1.82, 2.24) is 0 Å². The van der Waals surface area contributed by atoms with Gasteiger partial charge in [0, 0.05) is 6.16 Å². The molecule has 0 aromatic heterocycles. The van der Waals surface area contributed by atoms with Gasteiger partial charge in [0.1, 0.15) is 0 Å². The maximum absolute atomic E-state index is 10.4. The SMILES string of the molecule is CCCCCCCCP(=O)(O)O.[NaH]. The monoisotopic (exact) mass is 218 g/mol. The molecule has 0 aromatic carbocycles. The second-order valence-electron chi connectivity index (χ2n) is 3.16. The van der Waals surface area contributed by atoms with Crippen molar-refractivity contribution in [3.8, 4) is 0 Å². The fourth-order valence-electron chi connectivity index (χ4n) is 1.10. The first-order chi connectivity index (χ1) is 5.56. The molecule has 0 saturated heterocycles. The molecule has 0 atom stereocenters. The topological polar surface area (TPSA) is 57.5 Å². The summed E-state index contributed by atoms with van der Waals surface area (Å²) in [5.74, 6) is 0. The van der Waals surface area contributed by atoms with Crippen LogP contribution in [0.5, 0.6) is 0 Å². The molecule has 0 fully saturated rings. The predicted molar refractivity (Wildman–Crippen MR) is 57.4 cm³/mol. The molecule has 0 heterocycles. The molecular weight excluding hydrogens is 198 g/mol. The van der Waals surface area contributed by atoms with Crippen molar-refractivity contribution in [2.75, 3.05) is 6.16 Å². The fourth-order valence-corrected chi connectivity index (χ4v) is 1.73. The van der Waals surface area contributed by atoms with Crippen LogP contribution >= 0.6 is 7.60 Å². The number of rotatable bonds is 7. The molecule has 13 heavy (non-hydrogen) atoms. The van der Waals surface area contributed by atoms with E-state index in [1.165, 1.54) is 19.3 Å².